The Morgan fingerprint density at radius 1 is 1.03 bits per heavy atom. The molecule has 202 valence electrons. The number of alkyl halides is 3. The highest BCUT2D eigenvalue weighted by Crippen LogP contribution is 2.31. The minimum absolute atomic E-state index is 0.364. The summed E-state index contributed by atoms with van der Waals surface area (Å²) in [6.07, 6.45) is -4.31. The number of nitriles is 1. The maximum absolute atomic E-state index is 12.8. The van der Waals surface area contributed by atoms with Gasteiger partial charge in [0.05, 0.1) is 27.4 Å². The molecule has 0 spiro atoms. The number of ether oxygens (including phenoxy) is 1. The highest BCUT2D eigenvalue weighted by molar-refractivity contribution is 14.1. The molecule has 0 atom stereocenters. The predicted octanol–water partition coefficient (Wildman–Crippen LogP) is 6.20. The lowest BCUT2D eigenvalue weighted by Gasteiger charge is -2.36. The Bertz CT molecular complexity index is 1460. The van der Waals surface area contributed by atoms with Crippen LogP contribution in [-0.4, -0.2) is 55.9 Å². The lowest BCUT2D eigenvalue weighted by atomic mass is 10.1. The van der Waals surface area contributed by atoms with Crippen LogP contribution in [0.15, 0.2) is 65.1 Å². The maximum atomic E-state index is 12.8. The van der Waals surface area contributed by atoms with Gasteiger partial charge in [0.1, 0.15) is 12.2 Å². The van der Waals surface area contributed by atoms with Crippen LogP contribution in [0, 0.1) is 14.9 Å². The van der Waals surface area contributed by atoms with E-state index in [0.717, 1.165) is 65.4 Å². The van der Waals surface area contributed by atoms with Crippen molar-refractivity contribution in [1.82, 2.24) is 9.88 Å². The minimum Gasteiger partial charge on any atom is -0.435 e. The number of benzene rings is 3. The van der Waals surface area contributed by atoms with Crippen molar-refractivity contribution in [2.24, 2.45) is 0 Å². The average Bonchev–Trinajstić information content (AvgIpc) is 3.38. The monoisotopic (exact) mass is 647 g/mol. The third kappa shape index (κ3) is 6.63. The number of anilines is 2. The fourth-order valence-electron chi connectivity index (χ4n) is 4.40. The van der Waals surface area contributed by atoms with E-state index in [1.54, 1.807) is 24.3 Å². The molecule has 1 fully saturated rings. The van der Waals surface area contributed by atoms with Gasteiger partial charge in [0.2, 0.25) is 5.89 Å². The molecule has 1 N–H and O–H groups in total. The Morgan fingerprint density at radius 2 is 1.74 bits per heavy atom. The molecule has 0 amide bonds. The molecule has 5 rings (SSSR count). The molecule has 0 unspecified atom stereocenters. The lowest BCUT2D eigenvalue weighted by Crippen LogP contribution is -2.47. The van der Waals surface area contributed by atoms with Gasteiger partial charge in [0.15, 0.2) is 5.58 Å². The second-order valence-electron chi connectivity index (χ2n) is 9.12. The Balaban J connectivity index is 1.03. The Kier molecular flexibility index (Phi) is 8.25. The van der Waals surface area contributed by atoms with Crippen LogP contribution in [0.1, 0.15) is 11.1 Å². The SMILES string of the molecule is N#Cc1cc(I)c2oc(-c3ccc(NCOCCN4CCN(c5ccc(C(F)(F)F)cc5)CC4)cc3)nc2c1. The first kappa shape index (κ1) is 27.2. The molecule has 1 saturated heterocycles. The van der Waals surface area contributed by atoms with Crippen molar-refractivity contribution in [2.45, 2.75) is 6.18 Å². The van der Waals surface area contributed by atoms with Gasteiger partial charge >= 0.3 is 6.18 Å². The van der Waals surface area contributed by atoms with Gasteiger partial charge in [-0.2, -0.15) is 18.4 Å². The number of nitrogens with one attached hydrogen (secondary N) is 1. The van der Waals surface area contributed by atoms with E-state index in [-0.39, 0.29) is 0 Å². The zero-order chi connectivity index (χ0) is 27.4. The summed E-state index contributed by atoms with van der Waals surface area (Å²) in [5, 5.41) is 12.4. The molecule has 0 bridgehead atoms. The van der Waals surface area contributed by atoms with Crippen LogP contribution in [0.5, 0.6) is 0 Å². The van der Waals surface area contributed by atoms with E-state index in [1.165, 1.54) is 0 Å². The molecule has 2 heterocycles. The molecule has 7 nitrogen and oxygen atoms in total. The van der Waals surface area contributed by atoms with E-state index in [9.17, 15) is 13.2 Å². The second kappa shape index (κ2) is 11.8. The second-order valence-corrected chi connectivity index (χ2v) is 10.3. The van der Waals surface area contributed by atoms with Crippen LogP contribution < -0.4 is 10.2 Å². The smallest absolute Gasteiger partial charge is 0.416 e. The predicted molar refractivity (Wildman–Crippen MR) is 151 cm³/mol. The first-order valence-corrected chi connectivity index (χ1v) is 13.4. The Morgan fingerprint density at radius 3 is 2.41 bits per heavy atom. The van der Waals surface area contributed by atoms with Crippen LogP contribution in [-0.2, 0) is 10.9 Å². The number of aromatic nitrogens is 1. The number of piperazine rings is 1. The number of rotatable bonds is 8. The maximum Gasteiger partial charge on any atom is 0.416 e. The number of nitrogens with zero attached hydrogens (tertiary/aromatic N) is 4. The summed E-state index contributed by atoms with van der Waals surface area (Å²) in [5.41, 5.74) is 3.80. The molecule has 39 heavy (non-hydrogen) atoms. The van der Waals surface area contributed by atoms with Gasteiger partial charge < -0.3 is 19.4 Å². The van der Waals surface area contributed by atoms with E-state index in [0.29, 0.717) is 35.9 Å². The quantitative estimate of drug-likeness (QED) is 0.139. The topological polar surface area (TPSA) is 77.6 Å². The van der Waals surface area contributed by atoms with Crippen molar-refractivity contribution >= 4 is 45.1 Å². The van der Waals surface area contributed by atoms with Gasteiger partial charge in [-0.15, -0.1) is 0 Å². The summed E-state index contributed by atoms with van der Waals surface area (Å²) in [4.78, 5) is 8.92. The van der Waals surface area contributed by atoms with Gasteiger partial charge in [-0.1, -0.05) is 0 Å². The molecule has 0 saturated carbocycles. The van der Waals surface area contributed by atoms with Crippen molar-refractivity contribution in [1.29, 1.82) is 5.26 Å². The summed E-state index contributed by atoms with van der Waals surface area (Å²) >= 11 is 2.14. The number of fused-ring (bicyclic) bond motifs is 1. The lowest BCUT2D eigenvalue weighted by molar-refractivity contribution is -0.137. The largest absolute Gasteiger partial charge is 0.435 e. The molecule has 1 aliphatic rings. The summed E-state index contributed by atoms with van der Waals surface area (Å²) in [6, 6.07) is 18.7. The molecule has 0 aliphatic carbocycles. The fraction of sp³-hybridized carbons (Fsp3) is 0.286. The summed E-state index contributed by atoms with van der Waals surface area (Å²) in [6.45, 7) is 4.88. The van der Waals surface area contributed by atoms with Crippen molar-refractivity contribution in [3.63, 3.8) is 0 Å². The minimum atomic E-state index is -4.31. The van der Waals surface area contributed by atoms with Crippen LogP contribution in [0.25, 0.3) is 22.6 Å². The van der Waals surface area contributed by atoms with Gasteiger partial charge in [-0.3, -0.25) is 4.90 Å². The number of hydrogen-bond donors (Lipinski definition) is 1. The van der Waals surface area contributed by atoms with E-state index >= 15 is 0 Å². The zero-order valence-corrected chi connectivity index (χ0v) is 23.0. The van der Waals surface area contributed by atoms with E-state index < -0.39 is 11.7 Å². The summed E-state index contributed by atoms with van der Waals surface area (Å²) in [7, 11) is 0. The van der Waals surface area contributed by atoms with E-state index in [2.05, 4.69) is 48.8 Å². The van der Waals surface area contributed by atoms with E-state index in [1.807, 2.05) is 24.3 Å². The van der Waals surface area contributed by atoms with Crippen molar-refractivity contribution in [3.8, 4) is 17.5 Å². The molecule has 1 aromatic heterocycles. The molecular formula is C28H25F3IN5O2. The summed E-state index contributed by atoms with van der Waals surface area (Å²) < 4.78 is 50.9. The summed E-state index contributed by atoms with van der Waals surface area (Å²) in [5.74, 6) is 0.499. The highest BCUT2D eigenvalue weighted by Gasteiger charge is 2.30. The van der Waals surface area contributed by atoms with Gasteiger partial charge in [-0.25, -0.2) is 4.98 Å². The highest BCUT2D eigenvalue weighted by atomic mass is 127. The molecule has 3 aromatic carbocycles. The van der Waals surface area contributed by atoms with Crippen LogP contribution in [0.3, 0.4) is 0 Å². The average molecular weight is 647 g/mol. The van der Waals surface area contributed by atoms with Crippen LogP contribution in [0.4, 0.5) is 24.5 Å². The van der Waals surface area contributed by atoms with Gasteiger partial charge in [0, 0.05) is 49.7 Å². The molecule has 1 aliphatic heterocycles. The molecular weight excluding hydrogens is 622 g/mol. The third-order valence-electron chi connectivity index (χ3n) is 6.57. The zero-order valence-electron chi connectivity index (χ0n) is 20.8. The number of oxazole rings is 1. The first-order chi connectivity index (χ1) is 18.8. The van der Waals surface area contributed by atoms with E-state index in [4.69, 9.17) is 14.4 Å². The van der Waals surface area contributed by atoms with Gasteiger partial charge in [-0.05, 0) is 83.3 Å². The van der Waals surface area contributed by atoms with Crippen molar-refractivity contribution in [2.75, 3.05) is 56.3 Å². The molecule has 4 aromatic rings. The van der Waals surface area contributed by atoms with Crippen LogP contribution >= 0.6 is 22.6 Å². The standard InChI is InChI=1S/C28H25F3IN5O2/c29-28(30,31)21-3-7-23(8-4-21)37-11-9-36(10-12-37)13-14-38-18-34-22-5-1-20(2-6-22)27-35-25-16-19(17-33)15-24(32)26(25)39-27/h1-8,15-16,34H,9-14,18H2. The molecule has 0 radical (unpaired) electrons. The Labute approximate surface area is 237 Å². The van der Waals surface area contributed by atoms with Gasteiger partial charge in [0.25, 0.3) is 0 Å². The van der Waals surface area contributed by atoms with Crippen LogP contribution in [0.2, 0.25) is 0 Å². The molecule has 11 heteroatoms. The van der Waals surface area contributed by atoms with Crippen molar-refractivity contribution in [3.05, 3.63) is 75.4 Å². The van der Waals surface area contributed by atoms with Crippen molar-refractivity contribution < 1.29 is 22.3 Å². The number of hydrogen-bond acceptors (Lipinski definition) is 7. The third-order valence-corrected chi connectivity index (χ3v) is 7.37. The fourth-order valence-corrected chi connectivity index (χ4v) is 5.12. The Hall–Kier alpha value is -3.34. The number of halogens is 4. The normalized spacial score (nSPS) is 14.5. The first-order valence-electron chi connectivity index (χ1n) is 12.4.